The number of nitrogens with two attached hydrogens (primary N) is 2. The molecule has 0 aromatic rings. The van der Waals surface area contributed by atoms with Gasteiger partial charge in [0.25, 0.3) is 0 Å². The smallest absolute Gasteiger partial charge is 0.211 e. The average Bonchev–Trinajstić information content (AvgIpc) is 2.11. The van der Waals surface area contributed by atoms with Gasteiger partial charge in [0.15, 0.2) is 0 Å². The van der Waals surface area contributed by atoms with Crippen LogP contribution in [0.4, 0.5) is 0 Å². The van der Waals surface area contributed by atoms with E-state index in [9.17, 15) is 8.42 Å². The van der Waals surface area contributed by atoms with Crippen molar-refractivity contribution in [1.29, 1.82) is 0 Å². The predicted molar refractivity (Wildman–Crippen MR) is 56.2 cm³/mol. The molecule has 0 aromatic heterocycles. The fraction of sp³-hybridized carbons (Fsp3) is 1.00. The van der Waals surface area contributed by atoms with E-state index in [4.69, 9.17) is 11.5 Å². The Balaban J connectivity index is 2.48. The fourth-order valence-electron chi connectivity index (χ4n) is 1.67. The lowest BCUT2D eigenvalue weighted by Gasteiger charge is -2.31. The molecular formula is C8H19N3O2S. The molecule has 1 saturated carbocycles. The minimum absolute atomic E-state index is 0.0115. The van der Waals surface area contributed by atoms with E-state index < -0.39 is 10.0 Å². The molecule has 6 heteroatoms. The molecule has 1 aliphatic rings. The van der Waals surface area contributed by atoms with Crippen LogP contribution in [0.3, 0.4) is 0 Å². The minimum Gasteiger partial charge on any atom is -0.326 e. The molecule has 0 aliphatic heterocycles. The molecule has 5 nitrogen and oxygen atoms in total. The van der Waals surface area contributed by atoms with E-state index in [1.165, 1.54) is 0 Å². The summed E-state index contributed by atoms with van der Waals surface area (Å²) in [5, 5.41) is 0. The largest absolute Gasteiger partial charge is 0.326 e. The highest BCUT2D eigenvalue weighted by Gasteiger charge is 2.27. The second-order valence-corrected chi connectivity index (χ2v) is 5.90. The Bertz CT molecular complexity index is 278. The first-order valence-electron chi connectivity index (χ1n) is 4.95. The topological polar surface area (TPSA) is 98.2 Å². The Morgan fingerprint density at radius 1 is 1.29 bits per heavy atom. The molecule has 84 valence electrons. The van der Waals surface area contributed by atoms with Gasteiger partial charge >= 0.3 is 0 Å². The summed E-state index contributed by atoms with van der Waals surface area (Å²) in [5.41, 5.74) is 11.5. The van der Waals surface area contributed by atoms with Crippen LogP contribution >= 0.6 is 0 Å². The lowest BCUT2D eigenvalue weighted by atomic mass is 9.88. The monoisotopic (exact) mass is 221 g/mol. The summed E-state index contributed by atoms with van der Waals surface area (Å²) in [6, 6.07) is -0.111. The zero-order valence-electron chi connectivity index (χ0n) is 8.44. The van der Waals surface area contributed by atoms with Crippen molar-refractivity contribution in [2.24, 2.45) is 11.5 Å². The van der Waals surface area contributed by atoms with Gasteiger partial charge in [-0.3, -0.25) is 0 Å². The van der Waals surface area contributed by atoms with E-state index in [0.29, 0.717) is 6.42 Å². The molecule has 5 N–H and O–H groups in total. The zero-order valence-corrected chi connectivity index (χ0v) is 9.26. The fourth-order valence-corrected chi connectivity index (χ4v) is 2.56. The van der Waals surface area contributed by atoms with Crippen LogP contribution in [-0.4, -0.2) is 32.3 Å². The van der Waals surface area contributed by atoms with Crippen molar-refractivity contribution < 1.29 is 8.42 Å². The van der Waals surface area contributed by atoms with Crippen molar-refractivity contribution >= 4 is 10.0 Å². The van der Waals surface area contributed by atoms with Crippen molar-refractivity contribution in [3.63, 3.8) is 0 Å². The SMILES string of the molecule is CCS(=O)(=O)NC1CC[C@H](N)[C@H](N)C1. The molecule has 0 spiro atoms. The van der Waals surface area contributed by atoms with Gasteiger partial charge in [-0.1, -0.05) is 0 Å². The lowest BCUT2D eigenvalue weighted by Crippen LogP contribution is -2.51. The Morgan fingerprint density at radius 2 is 1.93 bits per heavy atom. The van der Waals surface area contributed by atoms with Gasteiger partial charge in [-0.2, -0.15) is 0 Å². The predicted octanol–water partition coefficient (Wildman–Crippen LogP) is -0.867. The standard InChI is InChI=1S/C8H19N3O2S/c1-2-14(12,13)11-6-3-4-7(9)8(10)5-6/h6-8,11H,2-5,9-10H2,1H3/t6?,7-,8+/m0/s1. The molecule has 0 amide bonds. The van der Waals surface area contributed by atoms with E-state index in [1.807, 2.05) is 0 Å². The van der Waals surface area contributed by atoms with Crippen LogP contribution in [0.1, 0.15) is 26.2 Å². The summed E-state index contributed by atoms with van der Waals surface area (Å²) in [7, 11) is -3.11. The van der Waals surface area contributed by atoms with Crippen LogP contribution in [0.15, 0.2) is 0 Å². The highest BCUT2D eigenvalue weighted by atomic mass is 32.2. The van der Waals surface area contributed by atoms with Gasteiger partial charge in [-0.25, -0.2) is 13.1 Å². The Kier molecular flexibility index (Phi) is 3.88. The zero-order chi connectivity index (χ0) is 10.8. The summed E-state index contributed by atoms with van der Waals surface area (Å²) in [6.45, 7) is 1.62. The number of rotatable bonds is 3. The van der Waals surface area contributed by atoms with Crippen molar-refractivity contribution in [2.75, 3.05) is 5.75 Å². The third-order valence-corrected chi connectivity index (χ3v) is 4.13. The second kappa shape index (κ2) is 4.57. The Labute approximate surface area is 85.3 Å². The van der Waals surface area contributed by atoms with E-state index >= 15 is 0 Å². The highest BCUT2D eigenvalue weighted by Crippen LogP contribution is 2.16. The van der Waals surface area contributed by atoms with Crippen molar-refractivity contribution in [3.8, 4) is 0 Å². The maximum atomic E-state index is 11.3. The first-order chi connectivity index (χ1) is 6.44. The van der Waals surface area contributed by atoms with Gasteiger partial charge < -0.3 is 11.5 Å². The number of hydrogen-bond acceptors (Lipinski definition) is 4. The number of hydrogen-bond donors (Lipinski definition) is 3. The van der Waals surface area contributed by atoms with E-state index in [-0.39, 0.29) is 23.9 Å². The van der Waals surface area contributed by atoms with Crippen LogP contribution in [0.25, 0.3) is 0 Å². The molecule has 1 aliphatic carbocycles. The molecule has 0 bridgehead atoms. The number of sulfonamides is 1. The molecule has 0 radical (unpaired) electrons. The molecule has 14 heavy (non-hydrogen) atoms. The molecule has 1 rings (SSSR count). The second-order valence-electron chi connectivity index (χ2n) is 3.86. The van der Waals surface area contributed by atoms with Crippen LogP contribution in [0.2, 0.25) is 0 Å². The van der Waals surface area contributed by atoms with Crippen LogP contribution < -0.4 is 16.2 Å². The van der Waals surface area contributed by atoms with Gasteiger partial charge in [0.05, 0.1) is 5.75 Å². The molecule has 1 unspecified atom stereocenters. The first-order valence-corrected chi connectivity index (χ1v) is 6.61. The molecule has 3 atom stereocenters. The van der Waals surface area contributed by atoms with Crippen LogP contribution in [0.5, 0.6) is 0 Å². The van der Waals surface area contributed by atoms with Gasteiger partial charge in [0.2, 0.25) is 10.0 Å². The quantitative estimate of drug-likeness (QED) is 0.577. The lowest BCUT2D eigenvalue weighted by molar-refractivity contribution is 0.331. The minimum atomic E-state index is -3.11. The van der Waals surface area contributed by atoms with E-state index in [2.05, 4.69) is 4.72 Å². The maximum Gasteiger partial charge on any atom is 0.211 e. The maximum absolute atomic E-state index is 11.3. The van der Waals surface area contributed by atoms with Crippen molar-refractivity contribution in [2.45, 2.75) is 44.3 Å². The van der Waals surface area contributed by atoms with E-state index in [0.717, 1.165) is 12.8 Å². The summed E-state index contributed by atoms with van der Waals surface area (Å²) >= 11 is 0. The van der Waals surface area contributed by atoms with Gasteiger partial charge in [-0.15, -0.1) is 0 Å². The van der Waals surface area contributed by atoms with Gasteiger partial charge in [0.1, 0.15) is 0 Å². The Hall–Kier alpha value is -0.170. The van der Waals surface area contributed by atoms with Crippen LogP contribution in [-0.2, 0) is 10.0 Å². The molecule has 0 aromatic carbocycles. The van der Waals surface area contributed by atoms with Gasteiger partial charge in [0, 0.05) is 18.1 Å². The molecule has 1 fully saturated rings. The van der Waals surface area contributed by atoms with Crippen molar-refractivity contribution in [1.82, 2.24) is 4.72 Å². The van der Waals surface area contributed by atoms with Crippen molar-refractivity contribution in [3.05, 3.63) is 0 Å². The number of nitrogens with one attached hydrogen (secondary N) is 1. The highest BCUT2D eigenvalue weighted by molar-refractivity contribution is 7.89. The summed E-state index contributed by atoms with van der Waals surface area (Å²) in [5.74, 6) is 0.116. The van der Waals surface area contributed by atoms with Crippen LogP contribution in [0, 0.1) is 0 Å². The third kappa shape index (κ3) is 3.20. The van der Waals surface area contributed by atoms with Gasteiger partial charge in [-0.05, 0) is 26.2 Å². The Morgan fingerprint density at radius 3 is 2.43 bits per heavy atom. The third-order valence-electron chi connectivity index (χ3n) is 2.68. The average molecular weight is 221 g/mol. The normalized spacial score (nSPS) is 34.4. The summed E-state index contributed by atoms with van der Waals surface area (Å²) in [4.78, 5) is 0. The van der Waals surface area contributed by atoms with E-state index in [1.54, 1.807) is 6.92 Å². The molecule has 0 heterocycles. The molecular weight excluding hydrogens is 202 g/mol. The first kappa shape index (κ1) is 11.9. The summed E-state index contributed by atoms with van der Waals surface area (Å²) < 4.78 is 25.2. The molecule has 0 saturated heterocycles. The summed E-state index contributed by atoms with van der Waals surface area (Å²) in [6.07, 6.45) is 2.21.